The lowest BCUT2D eigenvalue weighted by molar-refractivity contribution is 0.437. The van der Waals surface area contributed by atoms with E-state index in [2.05, 4.69) is 30.8 Å². The predicted octanol–water partition coefficient (Wildman–Crippen LogP) is 1.16. The van der Waals surface area contributed by atoms with Crippen LogP contribution in [0.5, 0.6) is 0 Å². The molecule has 0 saturated heterocycles. The van der Waals surface area contributed by atoms with Crippen LogP contribution in [0.3, 0.4) is 0 Å². The molecule has 1 rings (SSSR count). The largest absolute Gasteiger partial charge is 0.327 e. The maximum atomic E-state index is 5.96. The van der Waals surface area contributed by atoms with Gasteiger partial charge in [-0.25, -0.2) is 0 Å². The third kappa shape index (κ3) is 3.33. The Morgan fingerprint density at radius 1 is 1.42 bits per heavy atom. The van der Waals surface area contributed by atoms with Crippen molar-refractivity contribution in [3.8, 4) is 0 Å². The second-order valence-corrected chi connectivity index (χ2v) is 5.15. The molecule has 0 amide bonds. The summed E-state index contributed by atoms with van der Waals surface area (Å²) in [6.45, 7) is 1.17. The van der Waals surface area contributed by atoms with Gasteiger partial charge in [-0.15, -0.1) is 0 Å². The van der Waals surface area contributed by atoms with E-state index in [4.69, 9.17) is 5.73 Å². The van der Waals surface area contributed by atoms with E-state index in [1.807, 2.05) is 0 Å². The maximum Gasteiger partial charge on any atom is 0.0199 e. The number of nitrogens with two attached hydrogens (primary N) is 1. The van der Waals surface area contributed by atoms with Gasteiger partial charge in [0.15, 0.2) is 0 Å². The number of rotatable bonds is 4. The molecule has 0 aromatic rings. The van der Waals surface area contributed by atoms with Crippen molar-refractivity contribution in [1.29, 1.82) is 0 Å². The molecule has 2 N–H and O–H groups in total. The number of thioether (sulfide) groups is 1. The summed E-state index contributed by atoms with van der Waals surface area (Å²) in [4.78, 5) is 2.23. The lowest BCUT2D eigenvalue weighted by atomic mass is 10.3. The van der Waals surface area contributed by atoms with Gasteiger partial charge in [-0.2, -0.15) is 11.8 Å². The second-order valence-electron chi connectivity index (χ2n) is 3.81. The van der Waals surface area contributed by atoms with E-state index in [1.165, 1.54) is 31.6 Å². The van der Waals surface area contributed by atoms with Crippen LogP contribution in [0, 0.1) is 0 Å². The van der Waals surface area contributed by atoms with Gasteiger partial charge in [-0.3, -0.25) is 0 Å². The fraction of sp³-hybridized carbons (Fsp3) is 1.00. The summed E-state index contributed by atoms with van der Waals surface area (Å²) < 4.78 is 0. The van der Waals surface area contributed by atoms with Crippen LogP contribution in [0.25, 0.3) is 0 Å². The van der Waals surface area contributed by atoms with Crippen LogP contribution >= 0.6 is 11.8 Å². The Balaban J connectivity index is 2.06. The van der Waals surface area contributed by atoms with Crippen LogP contribution in [-0.4, -0.2) is 42.6 Å². The summed E-state index contributed by atoms with van der Waals surface area (Å²) in [7, 11) is 4.24. The summed E-state index contributed by atoms with van der Waals surface area (Å²) in [5.74, 6) is 1.23. The minimum Gasteiger partial charge on any atom is -0.327 e. The molecule has 0 heterocycles. The van der Waals surface area contributed by atoms with Gasteiger partial charge in [0.25, 0.3) is 0 Å². The Hall–Kier alpha value is 0.270. The highest BCUT2D eigenvalue weighted by atomic mass is 32.2. The molecular weight excluding hydrogens is 168 g/mol. The van der Waals surface area contributed by atoms with E-state index >= 15 is 0 Å². The van der Waals surface area contributed by atoms with E-state index in [-0.39, 0.29) is 0 Å². The van der Waals surface area contributed by atoms with E-state index in [0.717, 1.165) is 5.25 Å². The zero-order chi connectivity index (χ0) is 8.97. The van der Waals surface area contributed by atoms with Crippen molar-refractivity contribution < 1.29 is 0 Å². The summed E-state index contributed by atoms with van der Waals surface area (Å²) >= 11 is 2.05. The molecule has 0 radical (unpaired) electrons. The predicted molar refractivity (Wildman–Crippen MR) is 56.6 cm³/mol. The van der Waals surface area contributed by atoms with Crippen LogP contribution in [0.1, 0.15) is 19.3 Å². The fourth-order valence-corrected chi connectivity index (χ4v) is 3.04. The molecule has 2 atom stereocenters. The minimum atomic E-state index is 0.470. The highest BCUT2D eigenvalue weighted by Crippen LogP contribution is 2.28. The quantitative estimate of drug-likeness (QED) is 0.718. The highest BCUT2D eigenvalue weighted by molar-refractivity contribution is 8.00. The number of hydrogen-bond donors (Lipinski definition) is 1. The van der Waals surface area contributed by atoms with Gasteiger partial charge >= 0.3 is 0 Å². The maximum absolute atomic E-state index is 5.96. The van der Waals surface area contributed by atoms with Crippen molar-refractivity contribution in [1.82, 2.24) is 4.90 Å². The Bertz CT molecular complexity index is 128. The van der Waals surface area contributed by atoms with Gasteiger partial charge < -0.3 is 10.6 Å². The standard InChI is InChI=1S/C9H20N2S/c1-11(2)6-7-12-9-5-3-4-8(9)10/h8-9H,3-7,10H2,1-2H3. The molecule has 0 aromatic carbocycles. The molecule has 2 unspecified atom stereocenters. The van der Waals surface area contributed by atoms with Crippen LogP contribution in [0.2, 0.25) is 0 Å². The van der Waals surface area contributed by atoms with Crippen LogP contribution in [-0.2, 0) is 0 Å². The first-order chi connectivity index (χ1) is 5.70. The van der Waals surface area contributed by atoms with E-state index in [0.29, 0.717) is 6.04 Å². The summed E-state index contributed by atoms with van der Waals surface area (Å²) in [6, 6.07) is 0.470. The SMILES string of the molecule is CN(C)CCSC1CCCC1N. The fourth-order valence-electron chi connectivity index (χ4n) is 1.55. The first-order valence-corrected chi connectivity index (χ1v) is 5.77. The first kappa shape index (κ1) is 10.4. The number of nitrogens with zero attached hydrogens (tertiary/aromatic N) is 1. The third-order valence-electron chi connectivity index (χ3n) is 2.37. The monoisotopic (exact) mass is 188 g/mol. The van der Waals surface area contributed by atoms with Gasteiger partial charge in [0.1, 0.15) is 0 Å². The smallest absolute Gasteiger partial charge is 0.0199 e. The highest BCUT2D eigenvalue weighted by Gasteiger charge is 2.23. The normalized spacial score (nSPS) is 30.0. The van der Waals surface area contributed by atoms with Crippen LogP contribution in [0.15, 0.2) is 0 Å². The molecule has 0 aliphatic heterocycles. The van der Waals surface area contributed by atoms with Gasteiger partial charge in [0, 0.05) is 23.6 Å². The van der Waals surface area contributed by atoms with Crippen LogP contribution in [0.4, 0.5) is 0 Å². The number of hydrogen-bond acceptors (Lipinski definition) is 3. The first-order valence-electron chi connectivity index (χ1n) is 4.72. The van der Waals surface area contributed by atoms with Crippen molar-refractivity contribution >= 4 is 11.8 Å². The van der Waals surface area contributed by atoms with Gasteiger partial charge in [-0.05, 0) is 26.9 Å². The second kappa shape index (κ2) is 5.10. The lowest BCUT2D eigenvalue weighted by Gasteiger charge is -2.16. The third-order valence-corrected chi connectivity index (χ3v) is 3.81. The van der Waals surface area contributed by atoms with Crippen molar-refractivity contribution in [2.45, 2.75) is 30.6 Å². The molecule has 0 spiro atoms. The van der Waals surface area contributed by atoms with E-state index in [9.17, 15) is 0 Å². The topological polar surface area (TPSA) is 29.3 Å². The lowest BCUT2D eigenvalue weighted by Crippen LogP contribution is -2.27. The molecule has 1 fully saturated rings. The summed E-state index contributed by atoms with van der Waals surface area (Å²) in [5.41, 5.74) is 5.96. The molecule has 1 aliphatic rings. The Kier molecular flexibility index (Phi) is 4.40. The zero-order valence-corrected chi connectivity index (χ0v) is 8.94. The summed E-state index contributed by atoms with van der Waals surface area (Å²) in [6.07, 6.45) is 3.90. The molecule has 2 nitrogen and oxygen atoms in total. The molecule has 3 heteroatoms. The molecule has 0 bridgehead atoms. The Morgan fingerprint density at radius 2 is 2.17 bits per heavy atom. The van der Waals surface area contributed by atoms with Crippen molar-refractivity contribution in [3.63, 3.8) is 0 Å². The van der Waals surface area contributed by atoms with E-state index < -0.39 is 0 Å². The van der Waals surface area contributed by atoms with Crippen molar-refractivity contribution in [2.24, 2.45) is 5.73 Å². The van der Waals surface area contributed by atoms with Crippen LogP contribution < -0.4 is 5.73 Å². The zero-order valence-electron chi connectivity index (χ0n) is 8.12. The van der Waals surface area contributed by atoms with Gasteiger partial charge in [0.05, 0.1) is 0 Å². The van der Waals surface area contributed by atoms with Crippen molar-refractivity contribution in [2.75, 3.05) is 26.4 Å². The Labute approximate surface area is 79.9 Å². The van der Waals surface area contributed by atoms with Crippen molar-refractivity contribution in [3.05, 3.63) is 0 Å². The van der Waals surface area contributed by atoms with E-state index in [1.54, 1.807) is 0 Å². The molecule has 0 aromatic heterocycles. The molecule has 12 heavy (non-hydrogen) atoms. The van der Waals surface area contributed by atoms with Gasteiger partial charge in [-0.1, -0.05) is 6.42 Å². The molecule has 1 saturated carbocycles. The Morgan fingerprint density at radius 3 is 2.67 bits per heavy atom. The average molecular weight is 188 g/mol. The average Bonchev–Trinajstić information content (AvgIpc) is 2.36. The molecule has 1 aliphatic carbocycles. The summed E-state index contributed by atoms with van der Waals surface area (Å²) in [5, 5.41) is 0.741. The van der Waals surface area contributed by atoms with Gasteiger partial charge in [0.2, 0.25) is 0 Å². The molecular formula is C9H20N2S. The minimum absolute atomic E-state index is 0.470. The molecule has 72 valence electrons.